The average molecular weight is 209 g/mol. The lowest BCUT2D eigenvalue weighted by Gasteiger charge is -2.20. The van der Waals surface area contributed by atoms with E-state index < -0.39 is 0 Å². The average Bonchev–Trinajstić information content (AvgIpc) is 2.14. The molecule has 0 fully saturated rings. The summed E-state index contributed by atoms with van der Waals surface area (Å²) in [6, 6.07) is 1.89. The van der Waals surface area contributed by atoms with E-state index in [-0.39, 0.29) is 24.1 Å². The van der Waals surface area contributed by atoms with Gasteiger partial charge in [-0.15, -0.1) is 0 Å². The van der Waals surface area contributed by atoms with Crippen LogP contribution in [0.5, 0.6) is 6.01 Å². The van der Waals surface area contributed by atoms with Crippen LogP contribution >= 0.6 is 0 Å². The highest BCUT2D eigenvalue weighted by molar-refractivity contribution is 5.78. The Labute approximate surface area is 88.9 Å². The standard InChI is InChI=1S/C10H15N3O2/c1-10(2,3)13-8(14)7-15-9-11-5-4-6-12-9/h4-6H,7H2,1-3H3,(H,13,14). The van der Waals surface area contributed by atoms with E-state index in [1.54, 1.807) is 18.5 Å². The molecule has 0 aliphatic carbocycles. The Morgan fingerprint density at radius 2 is 2.00 bits per heavy atom. The van der Waals surface area contributed by atoms with Crippen molar-refractivity contribution in [2.75, 3.05) is 6.61 Å². The van der Waals surface area contributed by atoms with Crippen molar-refractivity contribution < 1.29 is 9.53 Å². The largest absolute Gasteiger partial charge is 0.453 e. The summed E-state index contributed by atoms with van der Waals surface area (Å²) in [6.45, 7) is 5.65. The molecule has 0 aliphatic heterocycles. The van der Waals surface area contributed by atoms with Crippen molar-refractivity contribution in [2.45, 2.75) is 26.3 Å². The first-order chi connectivity index (χ1) is 6.97. The van der Waals surface area contributed by atoms with Gasteiger partial charge in [0.25, 0.3) is 5.91 Å². The molecule has 1 heterocycles. The molecule has 5 nitrogen and oxygen atoms in total. The lowest BCUT2D eigenvalue weighted by molar-refractivity contribution is -0.124. The normalized spacial score (nSPS) is 10.9. The predicted molar refractivity (Wildman–Crippen MR) is 55.4 cm³/mol. The van der Waals surface area contributed by atoms with E-state index in [0.717, 1.165) is 0 Å². The first-order valence-electron chi connectivity index (χ1n) is 4.68. The van der Waals surface area contributed by atoms with Crippen LogP contribution in [0.3, 0.4) is 0 Å². The number of carbonyl (C=O) groups is 1. The lowest BCUT2D eigenvalue weighted by atomic mass is 10.1. The fourth-order valence-electron chi connectivity index (χ4n) is 0.944. The molecule has 0 radical (unpaired) electrons. The zero-order chi connectivity index (χ0) is 11.3. The van der Waals surface area contributed by atoms with Gasteiger partial charge in [-0.05, 0) is 26.8 Å². The molecule has 0 unspecified atom stereocenters. The fourth-order valence-corrected chi connectivity index (χ4v) is 0.944. The molecule has 5 heteroatoms. The molecule has 0 aromatic carbocycles. The van der Waals surface area contributed by atoms with Crippen LogP contribution in [0.4, 0.5) is 0 Å². The number of ether oxygens (including phenoxy) is 1. The van der Waals surface area contributed by atoms with Gasteiger partial charge in [-0.3, -0.25) is 4.79 Å². The molecule has 1 N–H and O–H groups in total. The van der Waals surface area contributed by atoms with Crippen molar-refractivity contribution in [2.24, 2.45) is 0 Å². The number of aromatic nitrogens is 2. The minimum atomic E-state index is -0.252. The molecule has 0 saturated carbocycles. The molecule has 0 atom stereocenters. The molecule has 1 rings (SSSR count). The minimum Gasteiger partial charge on any atom is -0.453 e. The number of carbonyl (C=O) groups excluding carboxylic acids is 1. The smallest absolute Gasteiger partial charge is 0.316 e. The van der Waals surface area contributed by atoms with Crippen molar-refractivity contribution >= 4 is 5.91 Å². The summed E-state index contributed by atoms with van der Waals surface area (Å²) >= 11 is 0. The number of amides is 1. The third-order valence-corrected chi connectivity index (χ3v) is 1.39. The van der Waals surface area contributed by atoms with Crippen molar-refractivity contribution in [3.05, 3.63) is 18.5 Å². The quantitative estimate of drug-likeness (QED) is 0.798. The van der Waals surface area contributed by atoms with Crippen LogP contribution in [0.25, 0.3) is 0 Å². The molecule has 15 heavy (non-hydrogen) atoms. The first-order valence-corrected chi connectivity index (χ1v) is 4.68. The first kappa shape index (κ1) is 11.4. The summed E-state index contributed by atoms with van der Waals surface area (Å²) < 4.78 is 5.08. The molecule has 0 spiro atoms. The summed E-state index contributed by atoms with van der Waals surface area (Å²) in [5.41, 5.74) is -0.252. The highest BCUT2D eigenvalue weighted by Crippen LogP contribution is 2.00. The molecule has 82 valence electrons. The topological polar surface area (TPSA) is 64.1 Å². The highest BCUT2D eigenvalue weighted by atomic mass is 16.5. The third-order valence-electron chi connectivity index (χ3n) is 1.39. The maximum Gasteiger partial charge on any atom is 0.316 e. The Balaban J connectivity index is 2.35. The minimum absolute atomic E-state index is 0.0682. The Morgan fingerprint density at radius 3 is 2.53 bits per heavy atom. The molecule has 1 aromatic heterocycles. The van der Waals surface area contributed by atoms with Gasteiger partial charge in [-0.1, -0.05) is 0 Å². The molecule has 0 aliphatic rings. The number of nitrogens with zero attached hydrogens (tertiary/aromatic N) is 2. The van der Waals surface area contributed by atoms with Gasteiger partial charge in [0.15, 0.2) is 6.61 Å². The Kier molecular flexibility index (Phi) is 3.60. The van der Waals surface area contributed by atoms with Gasteiger partial charge in [0.05, 0.1) is 0 Å². The van der Waals surface area contributed by atoms with Gasteiger partial charge in [-0.2, -0.15) is 0 Å². The van der Waals surface area contributed by atoms with E-state index in [0.29, 0.717) is 0 Å². The van der Waals surface area contributed by atoms with Crippen LogP contribution in [0.2, 0.25) is 0 Å². The zero-order valence-electron chi connectivity index (χ0n) is 9.15. The van der Waals surface area contributed by atoms with Crippen LogP contribution in [0, 0.1) is 0 Å². The second-order valence-corrected chi connectivity index (χ2v) is 4.12. The predicted octanol–water partition coefficient (Wildman–Crippen LogP) is 0.770. The van der Waals surface area contributed by atoms with Gasteiger partial charge in [0, 0.05) is 17.9 Å². The maximum atomic E-state index is 11.3. The number of hydrogen-bond acceptors (Lipinski definition) is 4. The molecule has 1 amide bonds. The summed E-state index contributed by atoms with van der Waals surface area (Å²) in [6.07, 6.45) is 3.12. The summed E-state index contributed by atoms with van der Waals surface area (Å²) in [7, 11) is 0. The Hall–Kier alpha value is -1.65. The molecular formula is C10H15N3O2. The summed E-state index contributed by atoms with van der Waals surface area (Å²) in [5.74, 6) is -0.185. The number of hydrogen-bond donors (Lipinski definition) is 1. The Bertz CT molecular complexity index is 319. The van der Waals surface area contributed by atoms with Crippen LogP contribution in [-0.2, 0) is 4.79 Å². The van der Waals surface area contributed by atoms with Crippen molar-refractivity contribution in [1.82, 2.24) is 15.3 Å². The van der Waals surface area contributed by atoms with Gasteiger partial charge >= 0.3 is 6.01 Å². The monoisotopic (exact) mass is 209 g/mol. The van der Waals surface area contributed by atoms with Crippen molar-refractivity contribution in [3.8, 4) is 6.01 Å². The SMILES string of the molecule is CC(C)(C)NC(=O)COc1ncccn1. The second-order valence-electron chi connectivity index (χ2n) is 4.12. The third kappa shape index (κ3) is 4.95. The van der Waals surface area contributed by atoms with E-state index in [1.165, 1.54) is 0 Å². The van der Waals surface area contributed by atoms with E-state index in [9.17, 15) is 4.79 Å². The van der Waals surface area contributed by atoms with Gasteiger partial charge in [0.2, 0.25) is 0 Å². The van der Waals surface area contributed by atoms with Gasteiger partial charge in [-0.25, -0.2) is 9.97 Å². The summed E-state index contributed by atoms with van der Waals surface area (Å²) in [5, 5.41) is 2.77. The van der Waals surface area contributed by atoms with E-state index in [4.69, 9.17) is 4.74 Å². The van der Waals surface area contributed by atoms with E-state index in [1.807, 2.05) is 20.8 Å². The molecule has 1 aromatic rings. The Morgan fingerprint density at radius 1 is 1.40 bits per heavy atom. The van der Waals surface area contributed by atoms with Crippen molar-refractivity contribution in [1.29, 1.82) is 0 Å². The molecular weight excluding hydrogens is 194 g/mol. The van der Waals surface area contributed by atoms with Crippen LogP contribution in [0.1, 0.15) is 20.8 Å². The second kappa shape index (κ2) is 4.72. The van der Waals surface area contributed by atoms with Gasteiger partial charge < -0.3 is 10.1 Å². The van der Waals surface area contributed by atoms with Crippen molar-refractivity contribution in [3.63, 3.8) is 0 Å². The summed E-state index contributed by atoms with van der Waals surface area (Å²) in [4.78, 5) is 19.0. The lowest BCUT2D eigenvalue weighted by Crippen LogP contribution is -2.43. The van der Waals surface area contributed by atoms with Crippen LogP contribution in [0.15, 0.2) is 18.5 Å². The highest BCUT2D eigenvalue weighted by Gasteiger charge is 2.14. The van der Waals surface area contributed by atoms with Crippen LogP contribution in [-0.4, -0.2) is 28.0 Å². The molecule has 0 bridgehead atoms. The fraction of sp³-hybridized carbons (Fsp3) is 0.500. The number of nitrogens with one attached hydrogen (secondary N) is 1. The maximum absolute atomic E-state index is 11.3. The number of rotatable bonds is 3. The molecule has 0 saturated heterocycles. The van der Waals surface area contributed by atoms with E-state index in [2.05, 4.69) is 15.3 Å². The zero-order valence-corrected chi connectivity index (χ0v) is 9.15. The van der Waals surface area contributed by atoms with Crippen LogP contribution < -0.4 is 10.1 Å². The van der Waals surface area contributed by atoms with E-state index >= 15 is 0 Å². The van der Waals surface area contributed by atoms with Gasteiger partial charge in [0.1, 0.15) is 0 Å².